The van der Waals surface area contributed by atoms with Crippen LogP contribution in [0.3, 0.4) is 0 Å². The van der Waals surface area contributed by atoms with E-state index in [0.29, 0.717) is 0 Å². The van der Waals surface area contributed by atoms with Crippen LogP contribution in [0.4, 0.5) is 0 Å². The topological polar surface area (TPSA) is 0 Å². The molecule has 0 fully saturated rings. The first kappa shape index (κ1) is 25.2. The zero-order valence-electron chi connectivity index (χ0n) is 15.5. The molecule has 0 nitrogen and oxygen atoms in total. The Hall–Kier alpha value is 0.960. The first-order valence-electron chi connectivity index (χ1n) is 9.95. The number of alkyl halides is 2. The summed E-state index contributed by atoms with van der Waals surface area (Å²) in [6.07, 6.45) is 22.7. The van der Waals surface area contributed by atoms with Gasteiger partial charge in [0.05, 0.1) is 0 Å². The maximum atomic E-state index is 3.44. The van der Waals surface area contributed by atoms with E-state index in [1.165, 1.54) is 113 Å². The Morgan fingerprint density at radius 2 is 0.591 bits per heavy atom. The van der Waals surface area contributed by atoms with Gasteiger partial charge in [0.25, 0.3) is 0 Å². The lowest BCUT2D eigenvalue weighted by atomic mass is 10.1. The number of rotatable bonds is 16. The average molecular weight is 442 g/mol. The maximum Gasteiger partial charge on any atom is 0.00313 e. The van der Waals surface area contributed by atoms with Gasteiger partial charge in [-0.05, 0) is 12.8 Å². The molecule has 0 N–H and O–H groups in total. The molecule has 0 heterocycles. The molecule has 0 saturated carbocycles. The molecule has 0 aromatic heterocycles. The van der Waals surface area contributed by atoms with Crippen molar-refractivity contribution in [2.75, 3.05) is 10.7 Å². The normalized spacial score (nSPS) is 10.4. The van der Waals surface area contributed by atoms with E-state index in [4.69, 9.17) is 0 Å². The minimum atomic E-state index is 1.18. The van der Waals surface area contributed by atoms with Gasteiger partial charge in [-0.1, -0.05) is 136 Å². The molecule has 136 valence electrons. The lowest BCUT2D eigenvalue weighted by Crippen LogP contribution is -1.80. The predicted octanol–water partition coefficient (Wildman–Crippen LogP) is 9.04. The van der Waals surface area contributed by atoms with Crippen LogP contribution in [0.25, 0.3) is 0 Å². The van der Waals surface area contributed by atoms with Crippen molar-refractivity contribution in [3.8, 4) is 0 Å². The molecule has 0 spiro atoms. The van der Waals surface area contributed by atoms with Gasteiger partial charge in [0.1, 0.15) is 0 Å². The van der Waals surface area contributed by atoms with E-state index in [2.05, 4.69) is 45.7 Å². The fourth-order valence-corrected chi connectivity index (χ4v) is 3.25. The Balaban J connectivity index is 0. The van der Waals surface area contributed by atoms with Crippen molar-refractivity contribution in [2.24, 2.45) is 0 Å². The summed E-state index contributed by atoms with van der Waals surface area (Å²) in [5.41, 5.74) is 0. The first-order valence-corrected chi connectivity index (χ1v) is 12.2. The SMILES string of the molecule is CCCCCCCCCCBr.CCCCCCCCCCBr. The molecule has 0 atom stereocenters. The summed E-state index contributed by atoms with van der Waals surface area (Å²) in [4.78, 5) is 0. The molecule has 0 amide bonds. The summed E-state index contributed by atoms with van der Waals surface area (Å²) in [6.45, 7) is 4.54. The van der Waals surface area contributed by atoms with Crippen molar-refractivity contribution >= 4 is 31.9 Å². The highest BCUT2D eigenvalue weighted by atomic mass is 79.9. The molecular weight excluding hydrogens is 400 g/mol. The van der Waals surface area contributed by atoms with E-state index in [1.807, 2.05) is 0 Å². The van der Waals surface area contributed by atoms with Gasteiger partial charge in [-0.15, -0.1) is 0 Å². The summed E-state index contributed by atoms with van der Waals surface area (Å²) in [5.74, 6) is 0. The Labute approximate surface area is 158 Å². The van der Waals surface area contributed by atoms with Crippen LogP contribution in [0.5, 0.6) is 0 Å². The van der Waals surface area contributed by atoms with Crippen LogP contribution in [0.2, 0.25) is 0 Å². The van der Waals surface area contributed by atoms with E-state index >= 15 is 0 Å². The molecule has 0 unspecified atom stereocenters. The van der Waals surface area contributed by atoms with Crippen LogP contribution >= 0.6 is 31.9 Å². The van der Waals surface area contributed by atoms with Crippen LogP contribution in [0.1, 0.15) is 117 Å². The van der Waals surface area contributed by atoms with E-state index in [9.17, 15) is 0 Å². The Morgan fingerprint density at radius 1 is 0.364 bits per heavy atom. The minimum absolute atomic E-state index is 1.18. The Bertz CT molecular complexity index is 126. The van der Waals surface area contributed by atoms with E-state index in [1.54, 1.807) is 0 Å². The number of unbranched alkanes of at least 4 members (excludes halogenated alkanes) is 14. The molecule has 0 radical (unpaired) electrons. The van der Waals surface area contributed by atoms with Crippen molar-refractivity contribution < 1.29 is 0 Å². The first-order chi connectivity index (χ1) is 10.8. The molecule has 0 saturated heterocycles. The van der Waals surface area contributed by atoms with Crippen LogP contribution in [0, 0.1) is 0 Å². The third kappa shape index (κ3) is 29.0. The molecule has 0 aromatic rings. The summed E-state index contributed by atoms with van der Waals surface area (Å²) < 4.78 is 0. The van der Waals surface area contributed by atoms with Crippen molar-refractivity contribution in [1.29, 1.82) is 0 Å². The van der Waals surface area contributed by atoms with Crippen molar-refractivity contribution in [2.45, 2.75) is 117 Å². The zero-order valence-corrected chi connectivity index (χ0v) is 18.7. The van der Waals surface area contributed by atoms with Crippen LogP contribution < -0.4 is 0 Å². The van der Waals surface area contributed by atoms with Gasteiger partial charge >= 0.3 is 0 Å². The smallest absolute Gasteiger partial charge is 0.00313 e. The monoisotopic (exact) mass is 440 g/mol. The van der Waals surface area contributed by atoms with E-state index in [-0.39, 0.29) is 0 Å². The van der Waals surface area contributed by atoms with E-state index in [0.717, 1.165) is 0 Å². The number of halogens is 2. The molecule has 0 rings (SSSR count). The zero-order chi connectivity index (χ0) is 16.7. The summed E-state index contributed by atoms with van der Waals surface area (Å²) in [5, 5.41) is 2.37. The minimum Gasteiger partial charge on any atom is -0.0928 e. The van der Waals surface area contributed by atoms with Gasteiger partial charge in [0.15, 0.2) is 0 Å². The van der Waals surface area contributed by atoms with Gasteiger partial charge in [0.2, 0.25) is 0 Å². The van der Waals surface area contributed by atoms with Crippen LogP contribution in [0.15, 0.2) is 0 Å². The quantitative estimate of drug-likeness (QED) is 0.165. The van der Waals surface area contributed by atoms with Gasteiger partial charge < -0.3 is 0 Å². The lowest BCUT2D eigenvalue weighted by Gasteiger charge is -1.98. The van der Waals surface area contributed by atoms with E-state index < -0.39 is 0 Å². The van der Waals surface area contributed by atoms with Crippen molar-refractivity contribution in [1.82, 2.24) is 0 Å². The molecule has 22 heavy (non-hydrogen) atoms. The number of hydrogen-bond acceptors (Lipinski definition) is 0. The second-order valence-electron chi connectivity index (χ2n) is 6.33. The fraction of sp³-hybridized carbons (Fsp3) is 1.00. The third-order valence-corrected chi connectivity index (χ3v) is 5.10. The summed E-state index contributed by atoms with van der Waals surface area (Å²) >= 11 is 6.89. The largest absolute Gasteiger partial charge is 0.0928 e. The molecule has 0 aliphatic heterocycles. The molecule has 2 heteroatoms. The highest BCUT2D eigenvalue weighted by Crippen LogP contribution is 2.09. The van der Waals surface area contributed by atoms with Crippen molar-refractivity contribution in [3.63, 3.8) is 0 Å². The fourth-order valence-electron chi connectivity index (χ4n) is 2.46. The average Bonchev–Trinajstić information content (AvgIpc) is 2.54. The van der Waals surface area contributed by atoms with Gasteiger partial charge in [-0.25, -0.2) is 0 Å². The Morgan fingerprint density at radius 3 is 0.818 bits per heavy atom. The Kier molecular flexibility index (Phi) is 30.7. The molecule has 0 aliphatic carbocycles. The van der Waals surface area contributed by atoms with Gasteiger partial charge in [-0.3, -0.25) is 0 Å². The molecule has 0 aliphatic rings. The lowest BCUT2D eigenvalue weighted by molar-refractivity contribution is 0.587. The molecule has 0 aromatic carbocycles. The van der Waals surface area contributed by atoms with Gasteiger partial charge in [0, 0.05) is 10.7 Å². The predicted molar refractivity (Wildman–Crippen MR) is 113 cm³/mol. The van der Waals surface area contributed by atoms with Crippen LogP contribution in [-0.2, 0) is 0 Å². The molecule has 0 bridgehead atoms. The highest BCUT2D eigenvalue weighted by Gasteiger charge is 1.90. The maximum absolute atomic E-state index is 3.44. The number of hydrogen-bond donors (Lipinski definition) is 0. The summed E-state index contributed by atoms with van der Waals surface area (Å²) in [7, 11) is 0. The summed E-state index contributed by atoms with van der Waals surface area (Å²) in [6, 6.07) is 0. The second-order valence-corrected chi connectivity index (χ2v) is 7.91. The third-order valence-electron chi connectivity index (χ3n) is 3.97. The highest BCUT2D eigenvalue weighted by molar-refractivity contribution is 9.09. The van der Waals surface area contributed by atoms with Crippen molar-refractivity contribution in [3.05, 3.63) is 0 Å². The van der Waals surface area contributed by atoms with Crippen LogP contribution in [-0.4, -0.2) is 10.7 Å². The molecular formula is C20H42Br2. The second kappa shape index (κ2) is 26.8. The van der Waals surface area contributed by atoms with Gasteiger partial charge in [-0.2, -0.15) is 0 Å². The standard InChI is InChI=1S/2C10H21Br/c2*1-2-3-4-5-6-7-8-9-10-11/h2*2-10H2,1H3.